The van der Waals surface area contributed by atoms with Gasteiger partial charge in [-0.05, 0) is 37.5 Å². The molecule has 2 fully saturated rings. The van der Waals surface area contributed by atoms with Gasteiger partial charge in [-0.15, -0.1) is 0 Å². The topological polar surface area (TPSA) is 79.0 Å². The second-order valence-corrected chi connectivity index (χ2v) is 9.79. The van der Waals surface area contributed by atoms with E-state index in [-0.39, 0.29) is 29.4 Å². The third-order valence-electron chi connectivity index (χ3n) is 5.79. The van der Waals surface area contributed by atoms with Crippen molar-refractivity contribution < 1.29 is 22.3 Å². The van der Waals surface area contributed by atoms with Crippen molar-refractivity contribution in [3.63, 3.8) is 0 Å². The lowest BCUT2D eigenvalue weighted by Crippen LogP contribution is -2.46. The van der Waals surface area contributed by atoms with Crippen LogP contribution in [-0.4, -0.2) is 75.2 Å². The first-order valence-corrected chi connectivity index (χ1v) is 11.8. The Kier molecular flexibility index (Phi) is 7.61. The molecule has 0 spiro atoms. The van der Waals surface area contributed by atoms with Crippen LogP contribution in [0, 0.1) is 11.7 Å². The van der Waals surface area contributed by atoms with Crippen LogP contribution < -0.4 is 5.32 Å². The number of halogens is 1. The smallest absolute Gasteiger partial charge is 0.223 e. The Morgan fingerprint density at radius 3 is 2.38 bits per heavy atom. The lowest BCUT2D eigenvalue weighted by Gasteiger charge is -2.35. The third kappa shape index (κ3) is 5.75. The van der Waals surface area contributed by atoms with E-state index in [0.717, 1.165) is 18.7 Å². The lowest BCUT2D eigenvalue weighted by molar-refractivity contribution is -0.126. The SMILES string of the molecule is CCS(=O)(=O)N1CCC(C(=O)NCC(c2ccc(F)cc2)N2CCOCC2)CC1. The fourth-order valence-corrected chi connectivity index (χ4v) is 5.08. The van der Waals surface area contributed by atoms with Crippen LogP contribution in [0.1, 0.15) is 31.4 Å². The molecule has 0 bridgehead atoms. The van der Waals surface area contributed by atoms with Crippen molar-refractivity contribution in [2.24, 2.45) is 5.92 Å². The number of ether oxygens (including phenoxy) is 1. The zero-order valence-corrected chi connectivity index (χ0v) is 17.7. The second-order valence-electron chi connectivity index (χ2n) is 7.53. The Morgan fingerprint density at radius 2 is 1.79 bits per heavy atom. The minimum Gasteiger partial charge on any atom is -0.379 e. The molecule has 2 saturated heterocycles. The van der Waals surface area contributed by atoms with Gasteiger partial charge in [0.05, 0.1) is 25.0 Å². The van der Waals surface area contributed by atoms with Crippen LogP contribution >= 0.6 is 0 Å². The van der Waals surface area contributed by atoms with Gasteiger partial charge in [0.2, 0.25) is 15.9 Å². The minimum absolute atomic E-state index is 0.0427. The zero-order valence-electron chi connectivity index (χ0n) is 16.8. The number of sulfonamides is 1. The lowest BCUT2D eigenvalue weighted by atomic mass is 9.97. The highest BCUT2D eigenvalue weighted by Gasteiger charge is 2.31. The second kappa shape index (κ2) is 9.97. The highest BCUT2D eigenvalue weighted by atomic mass is 32.2. The van der Waals surface area contributed by atoms with E-state index >= 15 is 0 Å². The molecule has 2 aliphatic rings. The van der Waals surface area contributed by atoms with Gasteiger partial charge in [-0.2, -0.15) is 0 Å². The molecule has 7 nitrogen and oxygen atoms in total. The van der Waals surface area contributed by atoms with Crippen molar-refractivity contribution in [1.82, 2.24) is 14.5 Å². The van der Waals surface area contributed by atoms with Crippen molar-refractivity contribution in [1.29, 1.82) is 0 Å². The molecule has 0 saturated carbocycles. The van der Waals surface area contributed by atoms with Crippen LogP contribution in [0.5, 0.6) is 0 Å². The van der Waals surface area contributed by atoms with E-state index < -0.39 is 10.0 Å². The van der Waals surface area contributed by atoms with E-state index in [0.29, 0.717) is 45.7 Å². The molecule has 162 valence electrons. The third-order valence-corrected chi connectivity index (χ3v) is 7.68. The van der Waals surface area contributed by atoms with E-state index in [1.807, 2.05) is 0 Å². The predicted molar refractivity (Wildman–Crippen MR) is 108 cm³/mol. The number of amides is 1. The normalized spacial score (nSPS) is 21.0. The van der Waals surface area contributed by atoms with Gasteiger partial charge in [0.15, 0.2) is 0 Å². The molecule has 1 aromatic carbocycles. The van der Waals surface area contributed by atoms with Gasteiger partial charge in [0.25, 0.3) is 0 Å². The molecule has 2 aliphatic heterocycles. The summed E-state index contributed by atoms with van der Waals surface area (Å²) in [6.45, 7) is 5.62. The number of hydrogen-bond donors (Lipinski definition) is 1. The molecule has 1 N–H and O–H groups in total. The van der Waals surface area contributed by atoms with Crippen LogP contribution in [-0.2, 0) is 19.6 Å². The van der Waals surface area contributed by atoms with Crippen LogP contribution in [0.2, 0.25) is 0 Å². The van der Waals surface area contributed by atoms with Crippen LogP contribution in [0.3, 0.4) is 0 Å². The maximum Gasteiger partial charge on any atom is 0.223 e. The summed E-state index contributed by atoms with van der Waals surface area (Å²) in [6.07, 6.45) is 1.06. The summed E-state index contributed by atoms with van der Waals surface area (Å²) in [4.78, 5) is 15.0. The Labute approximate surface area is 172 Å². The number of piperidine rings is 1. The Balaban J connectivity index is 1.59. The molecule has 1 atom stereocenters. The number of nitrogens with zero attached hydrogens (tertiary/aromatic N) is 2. The summed E-state index contributed by atoms with van der Waals surface area (Å²) in [7, 11) is -3.20. The Hall–Kier alpha value is -1.55. The van der Waals surface area contributed by atoms with Crippen LogP contribution in [0.15, 0.2) is 24.3 Å². The van der Waals surface area contributed by atoms with E-state index in [1.54, 1.807) is 19.1 Å². The molecule has 0 aromatic heterocycles. The first kappa shape index (κ1) is 22.1. The molecule has 1 unspecified atom stereocenters. The van der Waals surface area contributed by atoms with Crippen molar-refractivity contribution >= 4 is 15.9 Å². The fourth-order valence-electron chi connectivity index (χ4n) is 3.95. The molecule has 1 amide bonds. The Bertz CT molecular complexity index is 773. The molecule has 1 aromatic rings. The highest BCUT2D eigenvalue weighted by Crippen LogP contribution is 2.23. The maximum absolute atomic E-state index is 13.3. The van der Waals surface area contributed by atoms with E-state index in [2.05, 4.69) is 10.2 Å². The monoisotopic (exact) mass is 427 g/mol. The molecule has 3 rings (SSSR count). The summed E-state index contributed by atoms with van der Waals surface area (Å²) in [5.41, 5.74) is 0.956. The van der Waals surface area contributed by atoms with Crippen molar-refractivity contribution in [2.45, 2.75) is 25.8 Å². The average Bonchev–Trinajstić information content (AvgIpc) is 2.76. The number of morpholine rings is 1. The standard InChI is InChI=1S/C20H30FN3O4S/c1-2-29(26,27)24-9-7-17(8-10-24)20(25)22-15-19(23-11-13-28-14-12-23)16-3-5-18(21)6-4-16/h3-6,17,19H,2,7-15H2,1H3,(H,22,25). The molecular weight excluding hydrogens is 397 g/mol. The molecule has 0 radical (unpaired) electrons. The molecular formula is C20H30FN3O4S. The minimum atomic E-state index is -3.20. The summed E-state index contributed by atoms with van der Waals surface area (Å²) >= 11 is 0. The quantitative estimate of drug-likeness (QED) is 0.711. The van der Waals surface area contributed by atoms with Gasteiger partial charge >= 0.3 is 0 Å². The van der Waals surface area contributed by atoms with Gasteiger partial charge in [0, 0.05) is 38.6 Å². The summed E-state index contributed by atoms with van der Waals surface area (Å²) in [6, 6.07) is 6.35. The molecule has 0 aliphatic carbocycles. The number of hydrogen-bond acceptors (Lipinski definition) is 5. The maximum atomic E-state index is 13.3. The average molecular weight is 428 g/mol. The van der Waals surface area contributed by atoms with Crippen molar-refractivity contribution in [2.75, 3.05) is 51.7 Å². The first-order chi connectivity index (χ1) is 13.9. The van der Waals surface area contributed by atoms with E-state index in [4.69, 9.17) is 4.74 Å². The predicted octanol–water partition coefficient (Wildman–Crippen LogP) is 1.38. The summed E-state index contributed by atoms with van der Waals surface area (Å²) in [5, 5.41) is 3.05. The van der Waals surface area contributed by atoms with Crippen LogP contribution in [0.25, 0.3) is 0 Å². The van der Waals surface area contributed by atoms with Crippen LogP contribution in [0.4, 0.5) is 4.39 Å². The van der Waals surface area contributed by atoms with Gasteiger partial charge in [-0.3, -0.25) is 9.69 Å². The summed E-state index contributed by atoms with van der Waals surface area (Å²) < 4.78 is 44.2. The fraction of sp³-hybridized carbons (Fsp3) is 0.650. The zero-order chi connectivity index (χ0) is 20.9. The summed E-state index contributed by atoms with van der Waals surface area (Å²) in [5.74, 6) is -0.425. The van der Waals surface area contributed by atoms with Gasteiger partial charge in [0.1, 0.15) is 5.82 Å². The number of nitrogens with one attached hydrogen (secondary N) is 1. The first-order valence-electron chi connectivity index (χ1n) is 10.2. The number of carbonyl (C=O) groups is 1. The molecule has 9 heteroatoms. The van der Waals surface area contributed by atoms with Crippen molar-refractivity contribution in [3.8, 4) is 0 Å². The van der Waals surface area contributed by atoms with E-state index in [1.165, 1.54) is 16.4 Å². The highest BCUT2D eigenvalue weighted by molar-refractivity contribution is 7.89. The van der Waals surface area contributed by atoms with Gasteiger partial charge in [-0.1, -0.05) is 12.1 Å². The van der Waals surface area contributed by atoms with Gasteiger partial charge < -0.3 is 10.1 Å². The number of rotatable bonds is 7. The van der Waals surface area contributed by atoms with E-state index in [9.17, 15) is 17.6 Å². The molecule has 2 heterocycles. The van der Waals surface area contributed by atoms with Gasteiger partial charge in [-0.25, -0.2) is 17.1 Å². The number of carbonyl (C=O) groups excluding carboxylic acids is 1. The number of benzene rings is 1. The van der Waals surface area contributed by atoms with Crippen molar-refractivity contribution in [3.05, 3.63) is 35.6 Å². The molecule has 29 heavy (non-hydrogen) atoms. The largest absolute Gasteiger partial charge is 0.379 e. The Morgan fingerprint density at radius 1 is 1.17 bits per heavy atom.